The molecule has 1 atom stereocenters. The third kappa shape index (κ3) is 7.21. The number of rotatable bonds is 11. The summed E-state index contributed by atoms with van der Waals surface area (Å²) in [7, 11) is 0. The summed E-state index contributed by atoms with van der Waals surface area (Å²) in [6.07, 6.45) is 5.56. The van der Waals surface area contributed by atoms with E-state index in [2.05, 4.69) is 0 Å². The Morgan fingerprint density at radius 3 is 2.55 bits per heavy atom. The Morgan fingerprint density at radius 1 is 1.10 bits per heavy atom. The number of ether oxygens (including phenoxy) is 1. The Balaban J connectivity index is 1.72. The summed E-state index contributed by atoms with van der Waals surface area (Å²) in [5.41, 5.74) is 0.810. The van der Waals surface area contributed by atoms with Gasteiger partial charge in [0.25, 0.3) is 0 Å². The largest absolute Gasteiger partial charge is 0.467 e. The first-order valence-electron chi connectivity index (χ1n) is 11.0. The van der Waals surface area contributed by atoms with E-state index in [9.17, 15) is 14.0 Å². The van der Waals surface area contributed by atoms with Crippen molar-refractivity contribution in [3.63, 3.8) is 0 Å². The average molecular weight is 431 g/mol. The number of amides is 2. The number of carbonyl (C=O) groups is 2. The van der Waals surface area contributed by atoms with E-state index < -0.39 is 0 Å². The van der Waals surface area contributed by atoms with Crippen LogP contribution in [0.4, 0.5) is 4.39 Å². The zero-order valence-electron chi connectivity index (χ0n) is 18.1. The molecule has 1 aliphatic heterocycles. The maximum Gasteiger partial charge on any atom is 0.242 e. The molecular formula is C24H31FN2O4. The third-order valence-corrected chi connectivity index (χ3v) is 5.44. The quantitative estimate of drug-likeness (QED) is 0.537. The van der Waals surface area contributed by atoms with Crippen molar-refractivity contribution in [2.24, 2.45) is 0 Å². The van der Waals surface area contributed by atoms with Crippen LogP contribution >= 0.6 is 0 Å². The Labute approximate surface area is 183 Å². The fourth-order valence-corrected chi connectivity index (χ4v) is 3.67. The topological polar surface area (TPSA) is 63.0 Å². The minimum Gasteiger partial charge on any atom is -0.467 e. The van der Waals surface area contributed by atoms with Crippen LogP contribution in [0.1, 0.15) is 50.4 Å². The van der Waals surface area contributed by atoms with E-state index in [4.69, 9.17) is 9.15 Å². The van der Waals surface area contributed by atoms with Gasteiger partial charge in [-0.2, -0.15) is 0 Å². The zero-order valence-corrected chi connectivity index (χ0v) is 18.1. The summed E-state index contributed by atoms with van der Waals surface area (Å²) in [4.78, 5) is 29.4. The highest BCUT2D eigenvalue weighted by Gasteiger charge is 2.26. The second-order valence-corrected chi connectivity index (χ2v) is 7.97. The van der Waals surface area contributed by atoms with Gasteiger partial charge in [0.2, 0.25) is 11.8 Å². The lowest BCUT2D eigenvalue weighted by atomic mass is 10.1. The SMILES string of the molecule is CCCCC(=O)N(CC(=O)N(Cc1ccc(F)cc1)Cc1ccco1)C[C@H]1CCCO1. The number of nitrogens with zero attached hydrogens (tertiary/aromatic N) is 2. The number of furan rings is 1. The van der Waals surface area contributed by atoms with Gasteiger partial charge in [-0.1, -0.05) is 25.5 Å². The molecule has 0 radical (unpaired) electrons. The number of hydrogen-bond donors (Lipinski definition) is 0. The molecule has 0 N–H and O–H groups in total. The number of unbranched alkanes of at least 4 members (excludes halogenated alkanes) is 1. The number of hydrogen-bond acceptors (Lipinski definition) is 4. The molecule has 1 aromatic carbocycles. The predicted octanol–water partition coefficient (Wildman–Crippen LogP) is 4.15. The number of halogens is 1. The van der Waals surface area contributed by atoms with Gasteiger partial charge >= 0.3 is 0 Å². The Kier molecular flexibility index (Phi) is 8.64. The number of carbonyl (C=O) groups excluding carboxylic acids is 2. The van der Waals surface area contributed by atoms with Gasteiger partial charge in [0, 0.05) is 26.1 Å². The van der Waals surface area contributed by atoms with E-state index in [1.807, 2.05) is 13.0 Å². The molecule has 0 spiro atoms. The monoisotopic (exact) mass is 430 g/mol. The first kappa shape index (κ1) is 23.0. The van der Waals surface area contributed by atoms with E-state index in [-0.39, 0.29) is 36.8 Å². The maximum atomic E-state index is 13.3. The Hall–Kier alpha value is -2.67. The van der Waals surface area contributed by atoms with E-state index in [1.165, 1.54) is 12.1 Å². The van der Waals surface area contributed by atoms with Crippen LogP contribution in [0.25, 0.3) is 0 Å². The molecule has 1 fully saturated rings. The molecule has 0 aliphatic carbocycles. The Bertz CT molecular complexity index is 817. The van der Waals surface area contributed by atoms with Crippen LogP contribution in [0, 0.1) is 5.82 Å². The van der Waals surface area contributed by atoms with Gasteiger partial charge in [-0.05, 0) is 49.1 Å². The van der Waals surface area contributed by atoms with Crippen molar-refractivity contribution >= 4 is 11.8 Å². The molecule has 7 heteroatoms. The molecule has 31 heavy (non-hydrogen) atoms. The minimum atomic E-state index is -0.322. The summed E-state index contributed by atoms with van der Waals surface area (Å²) in [6.45, 7) is 3.74. The first-order valence-corrected chi connectivity index (χ1v) is 11.0. The molecule has 6 nitrogen and oxygen atoms in total. The molecule has 1 aliphatic rings. The van der Waals surface area contributed by atoms with Crippen molar-refractivity contribution in [2.45, 2.75) is 58.2 Å². The molecular weight excluding hydrogens is 399 g/mol. The average Bonchev–Trinajstić information content (AvgIpc) is 3.47. The summed E-state index contributed by atoms with van der Waals surface area (Å²) in [5.74, 6) is 0.129. The van der Waals surface area contributed by atoms with E-state index in [1.54, 1.807) is 34.3 Å². The highest BCUT2D eigenvalue weighted by molar-refractivity contribution is 5.84. The van der Waals surface area contributed by atoms with Crippen molar-refractivity contribution in [2.75, 3.05) is 19.7 Å². The van der Waals surface area contributed by atoms with Crippen LogP contribution in [-0.2, 0) is 27.4 Å². The van der Waals surface area contributed by atoms with Crippen LogP contribution in [0.3, 0.4) is 0 Å². The molecule has 2 amide bonds. The molecule has 3 rings (SSSR count). The second kappa shape index (κ2) is 11.6. The molecule has 2 heterocycles. The minimum absolute atomic E-state index is 0.00961. The standard InChI is InChI=1S/C24H31FN2O4/c1-2-3-8-23(28)27(17-22-7-5-14-31-22)18-24(29)26(16-21-6-4-13-30-21)15-19-9-11-20(25)12-10-19/h4,6,9-13,22H,2-3,5,7-8,14-18H2,1H3/t22-/m1/s1. The summed E-state index contributed by atoms with van der Waals surface area (Å²) >= 11 is 0. The highest BCUT2D eigenvalue weighted by atomic mass is 19.1. The van der Waals surface area contributed by atoms with Gasteiger partial charge in [-0.15, -0.1) is 0 Å². The van der Waals surface area contributed by atoms with Gasteiger partial charge in [-0.3, -0.25) is 9.59 Å². The molecule has 0 bridgehead atoms. The molecule has 1 aromatic heterocycles. The molecule has 0 saturated carbocycles. The zero-order chi connectivity index (χ0) is 22.1. The molecule has 1 saturated heterocycles. The van der Waals surface area contributed by atoms with Crippen molar-refractivity contribution in [1.82, 2.24) is 9.80 Å². The Morgan fingerprint density at radius 2 is 1.90 bits per heavy atom. The van der Waals surface area contributed by atoms with E-state index in [0.717, 1.165) is 31.2 Å². The summed E-state index contributed by atoms with van der Waals surface area (Å²) in [5, 5.41) is 0. The van der Waals surface area contributed by atoms with Gasteiger partial charge in [0.15, 0.2) is 0 Å². The van der Waals surface area contributed by atoms with E-state index >= 15 is 0 Å². The number of benzene rings is 1. The predicted molar refractivity (Wildman–Crippen MR) is 114 cm³/mol. The van der Waals surface area contributed by atoms with E-state index in [0.29, 0.717) is 31.9 Å². The summed E-state index contributed by atoms with van der Waals surface area (Å²) < 4.78 is 24.4. The van der Waals surface area contributed by atoms with Gasteiger partial charge in [-0.25, -0.2) is 4.39 Å². The third-order valence-electron chi connectivity index (χ3n) is 5.44. The molecule has 0 unspecified atom stereocenters. The lowest BCUT2D eigenvalue weighted by molar-refractivity contribution is -0.142. The normalized spacial score (nSPS) is 15.7. The van der Waals surface area contributed by atoms with Gasteiger partial charge < -0.3 is 19.0 Å². The fourth-order valence-electron chi connectivity index (χ4n) is 3.67. The van der Waals surface area contributed by atoms with Crippen molar-refractivity contribution in [1.29, 1.82) is 0 Å². The highest BCUT2D eigenvalue weighted by Crippen LogP contribution is 2.16. The molecule has 168 valence electrons. The van der Waals surface area contributed by atoms with Crippen LogP contribution in [0.2, 0.25) is 0 Å². The fraction of sp³-hybridized carbons (Fsp3) is 0.500. The smallest absolute Gasteiger partial charge is 0.242 e. The van der Waals surface area contributed by atoms with Crippen LogP contribution in [0.15, 0.2) is 47.1 Å². The van der Waals surface area contributed by atoms with Crippen LogP contribution in [-0.4, -0.2) is 47.4 Å². The lowest BCUT2D eigenvalue weighted by Gasteiger charge is -2.29. The van der Waals surface area contributed by atoms with Gasteiger partial charge in [0.1, 0.15) is 11.6 Å². The van der Waals surface area contributed by atoms with Gasteiger partial charge in [0.05, 0.1) is 25.5 Å². The first-order chi connectivity index (χ1) is 15.0. The van der Waals surface area contributed by atoms with Crippen molar-refractivity contribution in [3.8, 4) is 0 Å². The molecule has 2 aromatic rings. The second-order valence-electron chi connectivity index (χ2n) is 7.97. The van der Waals surface area contributed by atoms with Crippen molar-refractivity contribution < 1.29 is 23.1 Å². The van der Waals surface area contributed by atoms with Crippen LogP contribution in [0.5, 0.6) is 0 Å². The summed E-state index contributed by atoms with van der Waals surface area (Å²) in [6, 6.07) is 9.66. The lowest BCUT2D eigenvalue weighted by Crippen LogP contribution is -2.45. The maximum absolute atomic E-state index is 13.3. The van der Waals surface area contributed by atoms with Crippen LogP contribution < -0.4 is 0 Å². The van der Waals surface area contributed by atoms with Crippen molar-refractivity contribution in [3.05, 3.63) is 59.8 Å².